The van der Waals surface area contributed by atoms with Crippen LogP contribution in [-0.4, -0.2) is 71.0 Å². The fourth-order valence-electron chi connectivity index (χ4n) is 3.35. The number of aliphatic carboxylic acids is 1. The van der Waals surface area contributed by atoms with E-state index in [1.54, 1.807) is 6.20 Å². The van der Waals surface area contributed by atoms with Crippen LogP contribution in [0.25, 0.3) is 10.9 Å². The number of carboxylic acids is 1. The van der Waals surface area contributed by atoms with Gasteiger partial charge in [0.25, 0.3) is 0 Å². The minimum absolute atomic E-state index is 0.0529. The van der Waals surface area contributed by atoms with Gasteiger partial charge < -0.3 is 43.2 Å². The molecular weight excluding hydrogens is 456 g/mol. The summed E-state index contributed by atoms with van der Waals surface area (Å²) in [6.45, 7) is 1.18. The number of carboxylic acid groups (broad SMARTS) is 1. The zero-order chi connectivity index (χ0) is 26.0. The number of para-hydroxylation sites is 1. The van der Waals surface area contributed by atoms with Crippen LogP contribution >= 0.6 is 0 Å². The first kappa shape index (κ1) is 27.1. The summed E-state index contributed by atoms with van der Waals surface area (Å²) >= 11 is 0. The average Bonchev–Trinajstić information content (AvgIpc) is 3.22. The fourth-order valence-corrected chi connectivity index (χ4v) is 3.35. The van der Waals surface area contributed by atoms with Crippen molar-refractivity contribution in [2.45, 2.75) is 44.3 Å². The Labute approximate surface area is 201 Å². The van der Waals surface area contributed by atoms with Gasteiger partial charge in [0.1, 0.15) is 18.6 Å². The third-order valence-corrected chi connectivity index (χ3v) is 5.20. The molecule has 0 aliphatic heterocycles. The smallest absolute Gasteiger partial charge is 0.322 e. The van der Waals surface area contributed by atoms with Crippen molar-refractivity contribution < 1.29 is 24.3 Å². The van der Waals surface area contributed by atoms with Gasteiger partial charge in [-0.05, 0) is 31.4 Å². The van der Waals surface area contributed by atoms with Crippen molar-refractivity contribution in [3.63, 3.8) is 0 Å². The molecule has 1 heterocycles. The van der Waals surface area contributed by atoms with Gasteiger partial charge in [0.2, 0.25) is 17.7 Å². The Kier molecular flexibility index (Phi) is 10.0. The number of carbonyl (C=O) groups is 4. The van der Waals surface area contributed by atoms with Gasteiger partial charge in [0.15, 0.2) is 5.96 Å². The first-order valence-corrected chi connectivity index (χ1v) is 11.0. The molecule has 11 N–H and O–H groups in total. The van der Waals surface area contributed by atoms with Crippen LogP contribution in [0.1, 0.15) is 25.3 Å². The SMILES string of the molecule is CC(NC(=O)C(N)CCCN=C(N)N)C(=O)NC(Cc1c[nH]c2ccccc12)C(=O)NCC(=O)O. The number of carbonyl (C=O) groups excluding carboxylic acids is 3. The molecule has 0 spiro atoms. The number of aromatic amines is 1. The molecule has 35 heavy (non-hydrogen) atoms. The molecule has 0 saturated carbocycles. The van der Waals surface area contributed by atoms with Crippen LogP contribution < -0.4 is 33.2 Å². The van der Waals surface area contributed by atoms with Gasteiger partial charge in [0.05, 0.1) is 6.04 Å². The van der Waals surface area contributed by atoms with Crippen molar-refractivity contribution >= 4 is 40.6 Å². The summed E-state index contributed by atoms with van der Waals surface area (Å²) in [5.41, 5.74) is 18.0. The lowest BCUT2D eigenvalue weighted by Crippen LogP contribution is -2.55. The van der Waals surface area contributed by atoms with E-state index in [9.17, 15) is 19.2 Å². The number of aliphatic imine (C=N–C) groups is 1. The first-order valence-electron chi connectivity index (χ1n) is 11.0. The standard InChI is InChI=1S/C22H32N8O5/c1-12(29-20(34)15(23)6-4-8-26-22(24)25)19(33)30-17(21(35)28-11-18(31)32)9-13-10-27-16-7-3-2-5-14(13)16/h2-3,5,7,10,12,15,17,27H,4,6,8-9,11,23H2,1H3,(H,28,35)(H,29,34)(H,30,33)(H,31,32)(H4,24,25,26). The third kappa shape index (κ3) is 8.62. The number of amides is 3. The van der Waals surface area contributed by atoms with E-state index in [4.69, 9.17) is 22.3 Å². The number of hydrogen-bond donors (Lipinski definition) is 8. The molecule has 0 aliphatic rings. The zero-order valence-electron chi connectivity index (χ0n) is 19.4. The van der Waals surface area contributed by atoms with Gasteiger partial charge in [0, 0.05) is 30.1 Å². The first-order chi connectivity index (χ1) is 16.6. The van der Waals surface area contributed by atoms with Gasteiger partial charge in [-0.1, -0.05) is 18.2 Å². The van der Waals surface area contributed by atoms with Crippen molar-refractivity contribution in [3.8, 4) is 0 Å². The van der Waals surface area contributed by atoms with E-state index >= 15 is 0 Å². The fraction of sp³-hybridized carbons (Fsp3) is 0.409. The largest absolute Gasteiger partial charge is 0.480 e. The molecule has 190 valence electrons. The van der Waals surface area contributed by atoms with Crippen LogP contribution in [-0.2, 0) is 25.6 Å². The minimum Gasteiger partial charge on any atom is -0.480 e. The van der Waals surface area contributed by atoms with E-state index in [1.807, 2.05) is 24.3 Å². The highest BCUT2D eigenvalue weighted by molar-refractivity contribution is 5.94. The summed E-state index contributed by atoms with van der Waals surface area (Å²) in [7, 11) is 0. The molecular formula is C22H32N8O5. The summed E-state index contributed by atoms with van der Waals surface area (Å²) in [6.07, 6.45) is 2.61. The van der Waals surface area contributed by atoms with Crippen molar-refractivity contribution in [1.29, 1.82) is 0 Å². The number of aromatic nitrogens is 1. The second kappa shape index (κ2) is 12.9. The van der Waals surface area contributed by atoms with Crippen molar-refractivity contribution in [2.24, 2.45) is 22.2 Å². The van der Waals surface area contributed by atoms with Gasteiger partial charge in [-0.2, -0.15) is 0 Å². The molecule has 2 rings (SSSR count). The molecule has 3 atom stereocenters. The maximum absolute atomic E-state index is 12.8. The Morgan fingerprint density at radius 1 is 1.09 bits per heavy atom. The van der Waals surface area contributed by atoms with Crippen molar-refractivity contribution in [2.75, 3.05) is 13.1 Å². The lowest BCUT2D eigenvalue weighted by atomic mass is 10.0. The second-order valence-electron chi connectivity index (χ2n) is 8.02. The highest BCUT2D eigenvalue weighted by Crippen LogP contribution is 2.19. The topological polar surface area (TPSA) is 231 Å². The molecule has 1 aromatic carbocycles. The molecule has 3 amide bonds. The van der Waals surface area contributed by atoms with Crippen LogP contribution in [0.5, 0.6) is 0 Å². The lowest BCUT2D eigenvalue weighted by Gasteiger charge is -2.22. The molecule has 0 fully saturated rings. The van der Waals surface area contributed by atoms with E-state index in [0.717, 1.165) is 16.5 Å². The van der Waals surface area contributed by atoms with Gasteiger partial charge in [-0.15, -0.1) is 0 Å². The normalized spacial score (nSPS) is 13.3. The quantitative estimate of drug-likeness (QED) is 0.0915. The van der Waals surface area contributed by atoms with Gasteiger partial charge >= 0.3 is 5.97 Å². The highest BCUT2D eigenvalue weighted by atomic mass is 16.4. The maximum Gasteiger partial charge on any atom is 0.322 e. The molecule has 0 radical (unpaired) electrons. The Morgan fingerprint density at radius 2 is 1.80 bits per heavy atom. The minimum atomic E-state index is -1.22. The number of rotatable bonds is 13. The monoisotopic (exact) mass is 488 g/mol. The molecule has 2 aromatic rings. The summed E-state index contributed by atoms with van der Waals surface area (Å²) in [5, 5.41) is 17.1. The van der Waals surface area contributed by atoms with Crippen molar-refractivity contribution in [3.05, 3.63) is 36.0 Å². The summed E-state index contributed by atoms with van der Waals surface area (Å²) in [4.78, 5) is 55.5. The lowest BCUT2D eigenvalue weighted by molar-refractivity contribution is -0.138. The molecule has 13 heteroatoms. The van der Waals surface area contributed by atoms with E-state index in [2.05, 4.69) is 25.9 Å². The number of nitrogens with two attached hydrogens (primary N) is 3. The highest BCUT2D eigenvalue weighted by Gasteiger charge is 2.26. The Hall–Kier alpha value is -4.13. The molecule has 1 aromatic heterocycles. The van der Waals surface area contributed by atoms with Crippen molar-refractivity contribution in [1.82, 2.24) is 20.9 Å². The number of H-pyrrole nitrogens is 1. The van der Waals surface area contributed by atoms with E-state index in [1.165, 1.54) is 6.92 Å². The number of fused-ring (bicyclic) bond motifs is 1. The number of hydrogen-bond acceptors (Lipinski definition) is 6. The van der Waals surface area contributed by atoms with E-state index in [-0.39, 0.29) is 12.4 Å². The molecule has 0 aliphatic carbocycles. The number of guanidine groups is 1. The summed E-state index contributed by atoms with van der Waals surface area (Å²) < 4.78 is 0. The number of nitrogens with zero attached hydrogens (tertiary/aromatic N) is 1. The molecule has 0 saturated heterocycles. The van der Waals surface area contributed by atoms with Crippen LogP contribution in [0.15, 0.2) is 35.5 Å². The van der Waals surface area contributed by atoms with Crippen LogP contribution in [0, 0.1) is 0 Å². The number of benzene rings is 1. The Bertz CT molecular complexity index is 1080. The van der Waals surface area contributed by atoms with Gasteiger partial charge in [-0.3, -0.25) is 24.2 Å². The summed E-state index contributed by atoms with van der Waals surface area (Å²) in [6, 6.07) is 4.49. The summed E-state index contributed by atoms with van der Waals surface area (Å²) in [5.74, 6) is -3.10. The van der Waals surface area contributed by atoms with Crippen LogP contribution in [0.3, 0.4) is 0 Å². The predicted octanol–water partition coefficient (Wildman–Crippen LogP) is -1.72. The molecule has 0 bridgehead atoms. The van der Waals surface area contributed by atoms with Crippen LogP contribution in [0.2, 0.25) is 0 Å². The molecule has 3 unspecified atom stereocenters. The third-order valence-electron chi connectivity index (χ3n) is 5.20. The molecule has 13 nitrogen and oxygen atoms in total. The number of nitrogens with one attached hydrogen (secondary N) is 4. The van der Waals surface area contributed by atoms with Crippen LogP contribution in [0.4, 0.5) is 0 Å². The second-order valence-corrected chi connectivity index (χ2v) is 8.02. The van der Waals surface area contributed by atoms with E-state index in [0.29, 0.717) is 19.4 Å². The zero-order valence-corrected chi connectivity index (χ0v) is 19.4. The Morgan fingerprint density at radius 3 is 2.49 bits per heavy atom. The average molecular weight is 489 g/mol. The predicted molar refractivity (Wildman–Crippen MR) is 130 cm³/mol. The Balaban J connectivity index is 2.02. The van der Waals surface area contributed by atoms with E-state index < -0.39 is 48.4 Å². The maximum atomic E-state index is 12.8. The van der Waals surface area contributed by atoms with Gasteiger partial charge in [-0.25, -0.2) is 0 Å².